The van der Waals surface area contributed by atoms with Crippen molar-refractivity contribution in [2.24, 2.45) is 0 Å². The van der Waals surface area contributed by atoms with Crippen molar-refractivity contribution in [2.45, 2.75) is 25.2 Å². The summed E-state index contributed by atoms with van der Waals surface area (Å²) in [7, 11) is 0. The van der Waals surface area contributed by atoms with Gasteiger partial charge in [0.25, 0.3) is 6.43 Å². The number of rotatable bonds is 4. The van der Waals surface area contributed by atoms with Gasteiger partial charge in [0.1, 0.15) is 5.82 Å². The second-order valence-electron chi connectivity index (χ2n) is 4.12. The van der Waals surface area contributed by atoms with Gasteiger partial charge in [0.15, 0.2) is 0 Å². The first kappa shape index (κ1) is 15.0. The predicted molar refractivity (Wildman–Crippen MR) is 68.6 cm³/mol. The highest BCUT2D eigenvalue weighted by molar-refractivity contribution is 5.85. The third kappa shape index (κ3) is 4.34. The fraction of sp³-hybridized carbons (Fsp3) is 0.636. The number of nitrogens with one attached hydrogen (secondary N) is 2. The molecule has 1 aliphatic rings. The smallest absolute Gasteiger partial charge is 0.255 e. The third-order valence-corrected chi connectivity index (χ3v) is 2.87. The molecule has 1 aliphatic heterocycles. The maximum atomic E-state index is 12.0. The number of halogens is 3. The summed E-state index contributed by atoms with van der Waals surface area (Å²) < 4.78 is 23.9. The lowest BCUT2D eigenvalue weighted by Crippen LogP contribution is -2.27. The standard InChI is InChI=1S/C11H16F2N4.ClH/c12-10(13)6-17-11-7-15-9(5-16-11)8-1-3-14-4-2-8;/h5,7-8,10,14H,1-4,6H2,(H,16,17);1H. The molecule has 4 nitrogen and oxygen atoms in total. The third-order valence-electron chi connectivity index (χ3n) is 2.87. The minimum absolute atomic E-state index is 0. The first-order chi connectivity index (χ1) is 8.25. The molecule has 0 bridgehead atoms. The van der Waals surface area contributed by atoms with Crippen molar-refractivity contribution in [1.29, 1.82) is 0 Å². The van der Waals surface area contributed by atoms with E-state index in [4.69, 9.17) is 0 Å². The molecule has 1 fully saturated rings. The topological polar surface area (TPSA) is 49.8 Å². The summed E-state index contributed by atoms with van der Waals surface area (Å²) in [5.74, 6) is 0.843. The van der Waals surface area contributed by atoms with E-state index in [-0.39, 0.29) is 19.0 Å². The van der Waals surface area contributed by atoms with Gasteiger partial charge in [-0.15, -0.1) is 12.4 Å². The number of alkyl halides is 2. The van der Waals surface area contributed by atoms with Gasteiger partial charge in [0, 0.05) is 5.92 Å². The van der Waals surface area contributed by atoms with Gasteiger partial charge < -0.3 is 10.6 Å². The summed E-state index contributed by atoms with van der Waals surface area (Å²) in [4.78, 5) is 8.38. The van der Waals surface area contributed by atoms with Crippen LogP contribution in [0.2, 0.25) is 0 Å². The Bertz CT molecular complexity index is 341. The Morgan fingerprint density at radius 1 is 1.28 bits per heavy atom. The lowest BCUT2D eigenvalue weighted by Gasteiger charge is -2.21. The molecule has 102 valence electrons. The second-order valence-corrected chi connectivity index (χ2v) is 4.12. The second kappa shape index (κ2) is 7.43. The van der Waals surface area contributed by atoms with E-state index in [9.17, 15) is 8.78 Å². The molecule has 0 amide bonds. The number of anilines is 1. The summed E-state index contributed by atoms with van der Waals surface area (Å²) in [6, 6.07) is 0. The fourth-order valence-electron chi connectivity index (χ4n) is 1.94. The molecule has 18 heavy (non-hydrogen) atoms. The molecule has 0 spiro atoms. The average Bonchev–Trinajstić information content (AvgIpc) is 2.38. The van der Waals surface area contributed by atoms with E-state index in [2.05, 4.69) is 20.6 Å². The zero-order chi connectivity index (χ0) is 12.1. The lowest BCUT2D eigenvalue weighted by atomic mass is 9.95. The monoisotopic (exact) mass is 278 g/mol. The lowest BCUT2D eigenvalue weighted by molar-refractivity contribution is 0.163. The van der Waals surface area contributed by atoms with Crippen LogP contribution >= 0.6 is 12.4 Å². The normalized spacial score (nSPS) is 16.4. The van der Waals surface area contributed by atoms with E-state index < -0.39 is 6.43 Å². The number of piperidine rings is 1. The zero-order valence-electron chi connectivity index (χ0n) is 9.90. The van der Waals surface area contributed by atoms with Crippen molar-refractivity contribution in [2.75, 3.05) is 25.0 Å². The van der Waals surface area contributed by atoms with Gasteiger partial charge in [-0.05, 0) is 25.9 Å². The SMILES string of the molecule is Cl.FC(F)CNc1cnc(C2CCNCC2)cn1. The van der Waals surface area contributed by atoms with Gasteiger partial charge in [0.05, 0.1) is 24.6 Å². The molecule has 0 unspecified atom stereocenters. The van der Waals surface area contributed by atoms with E-state index in [1.807, 2.05) is 0 Å². The molecule has 0 saturated carbocycles. The van der Waals surface area contributed by atoms with Crippen LogP contribution in [0.1, 0.15) is 24.5 Å². The number of hydrogen-bond acceptors (Lipinski definition) is 4. The van der Waals surface area contributed by atoms with Crippen LogP contribution in [0.25, 0.3) is 0 Å². The van der Waals surface area contributed by atoms with E-state index in [1.54, 1.807) is 6.20 Å². The van der Waals surface area contributed by atoms with E-state index in [0.29, 0.717) is 11.7 Å². The van der Waals surface area contributed by atoms with Gasteiger partial charge in [0.2, 0.25) is 0 Å². The van der Waals surface area contributed by atoms with Crippen LogP contribution < -0.4 is 10.6 Å². The molecule has 1 aromatic rings. The largest absolute Gasteiger partial charge is 0.363 e. The number of hydrogen-bond donors (Lipinski definition) is 2. The molecule has 0 aliphatic carbocycles. The van der Waals surface area contributed by atoms with Crippen LogP contribution in [0, 0.1) is 0 Å². The molecule has 1 saturated heterocycles. The van der Waals surface area contributed by atoms with Crippen molar-refractivity contribution < 1.29 is 8.78 Å². The van der Waals surface area contributed by atoms with Crippen LogP contribution in [0.5, 0.6) is 0 Å². The van der Waals surface area contributed by atoms with Crippen molar-refractivity contribution in [3.8, 4) is 0 Å². The number of nitrogens with zero attached hydrogens (tertiary/aromatic N) is 2. The van der Waals surface area contributed by atoms with E-state index in [1.165, 1.54) is 6.20 Å². The highest BCUT2D eigenvalue weighted by Crippen LogP contribution is 2.22. The Morgan fingerprint density at radius 2 is 2.00 bits per heavy atom. The maximum absolute atomic E-state index is 12.0. The summed E-state index contributed by atoms with van der Waals surface area (Å²) >= 11 is 0. The molecule has 0 aromatic carbocycles. The van der Waals surface area contributed by atoms with Crippen molar-refractivity contribution in [3.63, 3.8) is 0 Å². The first-order valence-corrected chi connectivity index (χ1v) is 5.80. The summed E-state index contributed by atoms with van der Waals surface area (Å²) in [6.07, 6.45) is 2.95. The molecular formula is C11H17ClF2N4. The van der Waals surface area contributed by atoms with Crippen molar-refractivity contribution >= 4 is 18.2 Å². The summed E-state index contributed by atoms with van der Waals surface area (Å²) in [6.45, 7) is 1.61. The Balaban J connectivity index is 0.00000162. The minimum atomic E-state index is -2.37. The summed E-state index contributed by atoms with van der Waals surface area (Å²) in [5, 5.41) is 5.82. The Labute approximate surface area is 111 Å². The van der Waals surface area contributed by atoms with E-state index in [0.717, 1.165) is 31.6 Å². The molecule has 2 rings (SSSR count). The van der Waals surface area contributed by atoms with Gasteiger partial charge in [-0.1, -0.05) is 0 Å². The Hall–Kier alpha value is -1.01. The van der Waals surface area contributed by atoms with Crippen molar-refractivity contribution in [3.05, 3.63) is 18.1 Å². The quantitative estimate of drug-likeness (QED) is 0.885. The molecule has 2 heterocycles. The van der Waals surface area contributed by atoms with Crippen LogP contribution in [0.4, 0.5) is 14.6 Å². The Morgan fingerprint density at radius 3 is 2.56 bits per heavy atom. The predicted octanol–water partition coefficient (Wildman–Crippen LogP) is 2.04. The minimum Gasteiger partial charge on any atom is -0.363 e. The van der Waals surface area contributed by atoms with Crippen LogP contribution in [-0.2, 0) is 0 Å². The van der Waals surface area contributed by atoms with Gasteiger partial charge >= 0.3 is 0 Å². The van der Waals surface area contributed by atoms with Gasteiger partial charge in [-0.2, -0.15) is 0 Å². The average molecular weight is 279 g/mol. The first-order valence-electron chi connectivity index (χ1n) is 5.80. The zero-order valence-corrected chi connectivity index (χ0v) is 10.7. The molecule has 7 heteroatoms. The molecule has 0 atom stereocenters. The molecule has 2 N–H and O–H groups in total. The molecular weight excluding hydrogens is 262 g/mol. The highest BCUT2D eigenvalue weighted by Gasteiger charge is 2.16. The Kier molecular flexibility index (Phi) is 6.21. The van der Waals surface area contributed by atoms with Crippen molar-refractivity contribution in [1.82, 2.24) is 15.3 Å². The maximum Gasteiger partial charge on any atom is 0.255 e. The fourth-order valence-corrected chi connectivity index (χ4v) is 1.94. The van der Waals surface area contributed by atoms with Crippen LogP contribution in [0.3, 0.4) is 0 Å². The van der Waals surface area contributed by atoms with Crippen LogP contribution in [0.15, 0.2) is 12.4 Å². The summed E-state index contributed by atoms with van der Waals surface area (Å²) in [5.41, 5.74) is 0.953. The van der Waals surface area contributed by atoms with Crippen LogP contribution in [-0.4, -0.2) is 36.0 Å². The van der Waals surface area contributed by atoms with Gasteiger partial charge in [-0.3, -0.25) is 4.98 Å². The highest BCUT2D eigenvalue weighted by atomic mass is 35.5. The van der Waals surface area contributed by atoms with Gasteiger partial charge in [-0.25, -0.2) is 13.8 Å². The number of aromatic nitrogens is 2. The van der Waals surface area contributed by atoms with E-state index >= 15 is 0 Å². The molecule has 0 radical (unpaired) electrons. The molecule has 1 aromatic heterocycles.